The Hall–Kier alpha value is -2.86. The summed E-state index contributed by atoms with van der Waals surface area (Å²) in [5, 5.41) is 5.77. The van der Waals surface area contributed by atoms with Gasteiger partial charge in [-0.2, -0.15) is 0 Å². The average molecular weight is 346 g/mol. The molecule has 0 bridgehead atoms. The molecule has 2 N–H and O–H groups in total. The number of aromatic nitrogens is 1. The summed E-state index contributed by atoms with van der Waals surface area (Å²) in [5.41, 5.74) is 0.864. The number of hydrogen-bond acceptors (Lipinski definition) is 4. The molecule has 0 unspecified atom stereocenters. The maximum Gasteiger partial charge on any atom is 0.270 e. The number of amides is 2. The molecule has 0 aliphatic heterocycles. The Kier molecular flexibility index (Phi) is 5.92. The van der Waals surface area contributed by atoms with Gasteiger partial charge in [0.1, 0.15) is 11.4 Å². The molecule has 0 saturated heterocycles. The maximum atomic E-state index is 12.4. The van der Waals surface area contributed by atoms with Gasteiger partial charge in [0.05, 0.1) is 12.8 Å². The number of pyridine rings is 1. The van der Waals surface area contributed by atoms with Crippen molar-refractivity contribution in [3.63, 3.8) is 0 Å². The second-order valence-corrected chi connectivity index (χ2v) is 5.16. The van der Waals surface area contributed by atoms with Crippen molar-refractivity contribution in [2.45, 2.75) is 0 Å². The number of rotatable bonds is 6. The van der Waals surface area contributed by atoms with Crippen LogP contribution in [0, 0.1) is 0 Å². The van der Waals surface area contributed by atoms with Crippen LogP contribution in [0.1, 0.15) is 20.8 Å². The Morgan fingerprint density at radius 1 is 1.29 bits per heavy atom. The number of anilines is 1. The van der Waals surface area contributed by atoms with Gasteiger partial charge in [0.25, 0.3) is 11.8 Å². The van der Waals surface area contributed by atoms with Crippen LogP contribution in [0.5, 0.6) is 5.75 Å². The average Bonchev–Trinajstić information content (AvgIpc) is 2.60. The Balaban J connectivity index is 2.20. The first kappa shape index (κ1) is 17.5. The third-order valence-corrected chi connectivity index (χ3v) is 3.31. The molecular formula is C17H16ClN3O3. The zero-order chi connectivity index (χ0) is 17.5. The van der Waals surface area contributed by atoms with Crippen LogP contribution in [0.25, 0.3) is 0 Å². The van der Waals surface area contributed by atoms with Gasteiger partial charge < -0.3 is 15.4 Å². The van der Waals surface area contributed by atoms with E-state index in [0.717, 1.165) is 0 Å². The van der Waals surface area contributed by atoms with Gasteiger partial charge in [0.2, 0.25) is 0 Å². The van der Waals surface area contributed by atoms with Crippen LogP contribution < -0.4 is 15.4 Å². The van der Waals surface area contributed by atoms with E-state index < -0.39 is 5.91 Å². The summed E-state index contributed by atoms with van der Waals surface area (Å²) in [5.74, 6) is -0.314. The molecule has 1 aromatic carbocycles. The molecule has 2 rings (SSSR count). The smallest absolute Gasteiger partial charge is 0.270 e. The van der Waals surface area contributed by atoms with Crippen molar-refractivity contribution in [3.8, 4) is 5.75 Å². The van der Waals surface area contributed by atoms with Gasteiger partial charge >= 0.3 is 0 Å². The Morgan fingerprint density at radius 3 is 2.79 bits per heavy atom. The van der Waals surface area contributed by atoms with Crippen molar-refractivity contribution in [2.75, 3.05) is 19.0 Å². The Morgan fingerprint density at radius 2 is 2.08 bits per heavy atom. The highest BCUT2D eigenvalue weighted by atomic mass is 35.5. The van der Waals surface area contributed by atoms with E-state index in [1.54, 1.807) is 24.3 Å². The van der Waals surface area contributed by atoms with Gasteiger partial charge in [-0.15, -0.1) is 6.58 Å². The molecule has 0 fully saturated rings. The largest absolute Gasteiger partial charge is 0.495 e. The first-order valence-corrected chi connectivity index (χ1v) is 7.43. The number of hydrogen-bond donors (Lipinski definition) is 2. The standard InChI is InChI=1S/C17H16ClN3O3/c1-3-7-20-17(23)14-9-11(6-8-19-14)16(22)21-13-10-12(18)4-5-15(13)24-2/h3-6,8-10H,1,7H2,2H3,(H,20,23)(H,21,22). The predicted molar refractivity (Wildman–Crippen MR) is 92.7 cm³/mol. The molecule has 7 heteroatoms. The number of methoxy groups -OCH3 is 1. The topological polar surface area (TPSA) is 80.3 Å². The predicted octanol–water partition coefficient (Wildman–Crippen LogP) is 2.91. The molecule has 0 spiro atoms. The number of nitrogens with zero attached hydrogens (tertiary/aromatic N) is 1. The molecule has 0 atom stereocenters. The van der Waals surface area contributed by atoms with Crippen LogP contribution in [0.15, 0.2) is 49.2 Å². The molecule has 1 heterocycles. The van der Waals surface area contributed by atoms with Gasteiger partial charge in [-0.25, -0.2) is 0 Å². The summed E-state index contributed by atoms with van der Waals surface area (Å²) in [7, 11) is 1.49. The number of nitrogens with one attached hydrogen (secondary N) is 2. The van der Waals surface area contributed by atoms with Crippen LogP contribution in [-0.4, -0.2) is 30.5 Å². The zero-order valence-corrected chi connectivity index (χ0v) is 13.8. The quantitative estimate of drug-likeness (QED) is 0.789. The molecule has 0 aliphatic carbocycles. The van der Waals surface area contributed by atoms with Crippen LogP contribution in [0.3, 0.4) is 0 Å². The van der Waals surface area contributed by atoms with E-state index in [1.165, 1.54) is 25.4 Å². The van der Waals surface area contributed by atoms with Crippen LogP contribution in [-0.2, 0) is 0 Å². The first-order chi connectivity index (χ1) is 11.5. The highest BCUT2D eigenvalue weighted by Crippen LogP contribution is 2.28. The Bertz CT molecular complexity index is 777. The molecule has 2 amide bonds. The van der Waals surface area contributed by atoms with E-state index in [2.05, 4.69) is 22.2 Å². The van der Waals surface area contributed by atoms with Crippen molar-refractivity contribution in [1.82, 2.24) is 10.3 Å². The summed E-state index contributed by atoms with van der Waals surface area (Å²) in [6, 6.07) is 7.81. The molecule has 124 valence electrons. The van der Waals surface area contributed by atoms with Crippen molar-refractivity contribution >= 4 is 29.1 Å². The fourth-order valence-electron chi connectivity index (χ4n) is 1.92. The summed E-state index contributed by atoms with van der Waals surface area (Å²) in [6.45, 7) is 3.84. The minimum atomic E-state index is -0.407. The summed E-state index contributed by atoms with van der Waals surface area (Å²) in [6.07, 6.45) is 2.95. The highest BCUT2D eigenvalue weighted by Gasteiger charge is 2.13. The van der Waals surface area contributed by atoms with E-state index in [4.69, 9.17) is 16.3 Å². The lowest BCUT2D eigenvalue weighted by atomic mass is 10.2. The lowest BCUT2D eigenvalue weighted by Crippen LogP contribution is -2.24. The monoisotopic (exact) mass is 345 g/mol. The number of carbonyl (C=O) groups excluding carboxylic acids is 2. The maximum absolute atomic E-state index is 12.4. The number of halogens is 1. The highest BCUT2D eigenvalue weighted by molar-refractivity contribution is 6.31. The van der Waals surface area contributed by atoms with E-state index in [1.807, 2.05) is 0 Å². The lowest BCUT2D eigenvalue weighted by Gasteiger charge is -2.11. The lowest BCUT2D eigenvalue weighted by molar-refractivity contribution is 0.0953. The SMILES string of the molecule is C=CCNC(=O)c1cc(C(=O)Nc2cc(Cl)ccc2OC)ccn1. The van der Waals surface area contributed by atoms with Crippen molar-refractivity contribution < 1.29 is 14.3 Å². The summed E-state index contributed by atoms with van der Waals surface area (Å²) in [4.78, 5) is 28.2. The van der Waals surface area contributed by atoms with Gasteiger partial charge in [0.15, 0.2) is 0 Å². The number of ether oxygens (including phenoxy) is 1. The van der Waals surface area contributed by atoms with E-state index >= 15 is 0 Å². The second-order valence-electron chi connectivity index (χ2n) is 4.73. The molecular weight excluding hydrogens is 330 g/mol. The minimum Gasteiger partial charge on any atom is -0.495 e. The van der Waals surface area contributed by atoms with Crippen LogP contribution in [0.2, 0.25) is 5.02 Å². The molecule has 2 aromatic rings. The fraction of sp³-hybridized carbons (Fsp3) is 0.118. The number of carbonyl (C=O) groups is 2. The summed E-state index contributed by atoms with van der Waals surface area (Å²) >= 11 is 5.94. The van der Waals surface area contributed by atoms with E-state index in [-0.39, 0.29) is 17.2 Å². The third-order valence-electron chi connectivity index (χ3n) is 3.07. The zero-order valence-electron chi connectivity index (χ0n) is 13.0. The molecule has 24 heavy (non-hydrogen) atoms. The molecule has 0 aliphatic rings. The van der Waals surface area contributed by atoms with Crippen LogP contribution in [0.4, 0.5) is 5.69 Å². The van der Waals surface area contributed by atoms with Crippen LogP contribution >= 0.6 is 11.6 Å². The first-order valence-electron chi connectivity index (χ1n) is 7.05. The van der Waals surface area contributed by atoms with E-state index in [9.17, 15) is 9.59 Å². The Labute approximate surface area is 144 Å². The second kappa shape index (κ2) is 8.12. The van der Waals surface area contributed by atoms with Gasteiger partial charge in [-0.05, 0) is 30.3 Å². The van der Waals surface area contributed by atoms with Crippen molar-refractivity contribution in [3.05, 3.63) is 65.5 Å². The van der Waals surface area contributed by atoms with Crippen molar-refractivity contribution in [2.24, 2.45) is 0 Å². The fourth-order valence-corrected chi connectivity index (χ4v) is 2.10. The van der Waals surface area contributed by atoms with Gasteiger partial charge in [0, 0.05) is 23.3 Å². The minimum absolute atomic E-state index is 0.141. The van der Waals surface area contributed by atoms with E-state index in [0.29, 0.717) is 23.0 Å². The van der Waals surface area contributed by atoms with Crippen molar-refractivity contribution in [1.29, 1.82) is 0 Å². The van der Waals surface area contributed by atoms with Gasteiger partial charge in [-0.1, -0.05) is 17.7 Å². The molecule has 6 nitrogen and oxygen atoms in total. The number of benzene rings is 1. The van der Waals surface area contributed by atoms with Gasteiger partial charge in [-0.3, -0.25) is 14.6 Å². The normalized spacial score (nSPS) is 9.92. The summed E-state index contributed by atoms with van der Waals surface area (Å²) < 4.78 is 5.18. The molecule has 0 saturated carbocycles. The third kappa shape index (κ3) is 4.33. The molecule has 0 radical (unpaired) electrons. The molecule has 1 aromatic heterocycles.